The number of rotatable bonds is 4. The number of amides is 2. The minimum Gasteiger partial charge on any atom is -0.475 e. The second-order valence-electron chi connectivity index (χ2n) is 7.79. The predicted molar refractivity (Wildman–Crippen MR) is 115 cm³/mol. The first-order valence-corrected chi connectivity index (χ1v) is 11.8. The average molecular weight is 452 g/mol. The van der Waals surface area contributed by atoms with E-state index in [1.54, 1.807) is 0 Å². The first-order valence-electron chi connectivity index (χ1n) is 10.2. The molecule has 2 amide bonds. The van der Waals surface area contributed by atoms with E-state index in [9.17, 15) is 13.4 Å². The van der Waals surface area contributed by atoms with Gasteiger partial charge in [-0.25, -0.2) is 18.5 Å². The summed E-state index contributed by atoms with van der Waals surface area (Å²) in [5.41, 5.74) is 3.46. The average Bonchev–Trinajstić information content (AvgIpc) is 3.42. The Hall–Kier alpha value is -2.50. The number of nitrogens with two attached hydrogens (primary N) is 1. The number of nitrogens with zero attached hydrogens (tertiary/aromatic N) is 1. The van der Waals surface area contributed by atoms with Gasteiger partial charge in [0.1, 0.15) is 23.4 Å². The van der Waals surface area contributed by atoms with Crippen molar-refractivity contribution in [3.8, 4) is 0 Å². The highest BCUT2D eigenvalue weighted by Gasteiger charge is 2.30. The summed E-state index contributed by atoms with van der Waals surface area (Å²) in [5.74, 6) is -0.112. The van der Waals surface area contributed by atoms with Crippen LogP contribution in [0, 0.1) is 11.2 Å². The second-order valence-corrected chi connectivity index (χ2v) is 9.55. The molecule has 11 heteroatoms. The molecule has 1 aliphatic heterocycles. The van der Waals surface area contributed by atoms with E-state index >= 15 is 0 Å². The Morgan fingerprint density at radius 2 is 1.90 bits per heavy atom. The fourth-order valence-corrected chi connectivity index (χ4v) is 5.38. The number of carbonyl (C=O) groups excluding carboxylic acids is 1. The van der Waals surface area contributed by atoms with Crippen LogP contribution >= 0.6 is 0 Å². The van der Waals surface area contributed by atoms with Crippen LogP contribution in [0.15, 0.2) is 15.2 Å². The predicted octanol–water partition coefficient (Wildman–Crippen LogP) is 2.13. The smallest absolute Gasteiger partial charge is 0.354 e. The summed E-state index contributed by atoms with van der Waals surface area (Å²) in [6.07, 6.45) is 4.81. The lowest BCUT2D eigenvalue weighted by Gasteiger charge is -2.26. The number of allylic oxidation sites excluding steroid dienone is 1. The van der Waals surface area contributed by atoms with Crippen molar-refractivity contribution in [3.05, 3.63) is 38.9 Å². The van der Waals surface area contributed by atoms with Crippen LogP contribution in [0.4, 0.5) is 14.9 Å². The Bertz CT molecular complexity index is 1050. The van der Waals surface area contributed by atoms with Crippen LogP contribution in [0.5, 0.6) is 0 Å². The lowest BCUT2D eigenvalue weighted by molar-refractivity contribution is 0.00302. The summed E-state index contributed by atoms with van der Waals surface area (Å²) in [5, 5.41) is 19.0. The van der Waals surface area contributed by atoms with Gasteiger partial charge in [0.2, 0.25) is 5.88 Å². The normalized spacial score (nSPS) is 23.0. The number of hydrogen-bond donors (Lipinski definition) is 4. The molecule has 0 spiro atoms. The van der Waals surface area contributed by atoms with Gasteiger partial charge >= 0.3 is 6.03 Å². The van der Waals surface area contributed by atoms with Gasteiger partial charge in [0.25, 0.3) is 0 Å². The summed E-state index contributed by atoms with van der Waals surface area (Å²) in [6.45, 7) is 0.560. The molecular weight excluding hydrogens is 425 g/mol. The first kappa shape index (κ1) is 21.7. The fraction of sp³-hybridized carbons (Fsp3) is 0.500. The van der Waals surface area contributed by atoms with Gasteiger partial charge in [-0.15, -0.1) is 4.36 Å². The summed E-state index contributed by atoms with van der Waals surface area (Å²) in [6, 6.07) is -0.896. The van der Waals surface area contributed by atoms with Gasteiger partial charge in [0.05, 0.1) is 0 Å². The molecule has 5 N–H and O–H groups in total. The highest BCUT2D eigenvalue weighted by atomic mass is 32.2. The number of nitrogens with one attached hydrogen (secondary N) is 3. The van der Waals surface area contributed by atoms with Crippen molar-refractivity contribution in [1.82, 2.24) is 5.32 Å². The van der Waals surface area contributed by atoms with Crippen LogP contribution in [0.1, 0.15) is 35.1 Å². The first-order chi connectivity index (χ1) is 14.9. The van der Waals surface area contributed by atoms with E-state index < -0.39 is 15.9 Å². The van der Waals surface area contributed by atoms with Crippen molar-refractivity contribution < 1.29 is 22.9 Å². The second kappa shape index (κ2) is 8.56. The molecule has 1 heterocycles. The van der Waals surface area contributed by atoms with E-state index in [1.807, 2.05) is 0 Å². The molecule has 3 aliphatic rings. The molecule has 4 rings (SSSR count). The van der Waals surface area contributed by atoms with Gasteiger partial charge < -0.3 is 25.5 Å². The van der Waals surface area contributed by atoms with Crippen LogP contribution in [0.2, 0.25) is 0 Å². The van der Waals surface area contributed by atoms with E-state index in [0.29, 0.717) is 49.0 Å². The lowest BCUT2D eigenvalue weighted by atomic mass is 9.98. The topological polar surface area (TPSA) is 139 Å². The maximum Gasteiger partial charge on any atom is 0.354 e. The minimum absolute atomic E-state index is 0.0379. The zero-order valence-corrected chi connectivity index (χ0v) is 18.1. The molecule has 0 radical (unpaired) electrons. The number of methoxy groups -OCH3 is 1. The van der Waals surface area contributed by atoms with Gasteiger partial charge in [0.15, 0.2) is 9.92 Å². The van der Waals surface area contributed by atoms with Gasteiger partial charge in [-0.05, 0) is 60.8 Å². The third-order valence-corrected chi connectivity index (χ3v) is 7.30. The summed E-state index contributed by atoms with van der Waals surface area (Å²) >= 11 is 0. The molecule has 1 unspecified atom stereocenters. The summed E-state index contributed by atoms with van der Waals surface area (Å²) < 4.78 is 42.1. The quantitative estimate of drug-likeness (QED) is 0.520. The van der Waals surface area contributed by atoms with Gasteiger partial charge in [-0.1, -0.05) is 0 Å². The summed E-state index contributed by atoms with van der Waals surface area (Å²) in [7, 11) is -2.22. The number of carbonyl (C=O) groups is 1. The van der Waals surface area contributed by atoms with Crippen LogP contribution in [-0.2, 0) is 45.1 Å². The van der Waals surface area contributed by atoms with Gasteiger partial charge in [-0.3, -0.25) is 0 Å². The van der Waals surface area contributed by atoms with E-state index in [-0.39, 0.29) is 29.3 Å². The third-order valence-electron chi connectivity index (χ3n) is 5.93. The number of anilines is 1. The number of benzene rings is 1. The fourth-order valence-electron chi connectivity index (χ4n) is 4.43. The molecule has 1 saturated heterocycles. The number of halogens is 1. The molecule has 0 bridgehead atoms. The highest BCUT2D eigenvalue weighted by Crippen LogP contribution is 2.41. The zero-order valence-electron chi connectivity index (χ0n) is 17.3. The van der Waals surface area contributed by atoms with Crippen molar-refractivity contribution >= 4 is 27.8 Å². The Labute approximate surface area is 180 Å². The summed E-state index contributed by atoms with van der Waals surface area (Å²) in [4.78, 5) is 12.5. The molecule has 168 valence electrons. The van der Waals surface area contributed by atoms with Crippen LogP contribution in [-0.4, -0.2) is 42.8 Å². The van der Waals surface area contributed by atoms with Crippen LogP contribution < -0.4 is 15.8 Å². The Balaban J connectivity index is 1.64. The molecule has 2 aliphatic carbocycles. The Kier molecular flexibility index (Phi) is 6.00. The maximum atomic E-state index is 14.8. The van der Waals surface area contributed by atoms with E-state index in [0.717, 1.165) is 30.2 Å². The standard InChI is InChI=1S/C20H26FN5O4S/c1-29-11-9-24-19(30-10-11)16(8-22)31(23,28)26-20(27)25-18-14-6-2-4-12(14)17(21)13-5-3-7-15(13)18/h8,11,22,24H,2-7,9-10H2,1H3,(H3,23,25,26,27,28)/b19-16-,22-8?/t11-,31?/m0/s1. The molecule has 31 heavy (non-hydrogen) atoms. The molecular formula is C20H26FN5O4S. The van der Waals surface area contributed by atoms with E-state index in [1.165, 1.54) is 7.11 Å². The monoisotopic (exact) mass is 451 g/mol. The van der Waals surface area contributed by atoms with Crippen molar-refractivity contribution in [2.75, 3.05) is 25.6 Å². The molecule has 0 saturated carbocycles. The Morgan fingerprint density at radius 1 is 1.29 bits per heavy atom. The Morgan fingerprint density at radius 3 is 2.42 bits per heavy atom. The number of ether oxygens (including phenoxy) is 2. The molecule has 0 aromatic heterocycles. The van der Waals surface area contributed by atoms with Crippen LogP contribution in [0.3, 0.4) is 0 Å². The highest BCUT2D eigenvalue weighted by molar-refractivity contribution is 7.96. The number of urea groups is 1. The lowest BCUT2D eigenvalue weighted by Crippen LogP contribution is -2.40. The van der Waals surface area contributed by atoms with E-state index in [4.69, 9.17) is 20.0 Å². The molecule has 1 aromatic carbocycles. The van der Waals surface area contributed by atoms with Gasteiger partial charge in [-0.2, -0.15) is 0 Å². The number of fused-ring (bicyclic) bond motifs is 2. The van der Waals surface area contributed by atoms with E-state index in [2.05, 4.69) is 15.0 Å². The molecule has 1 fully saturated rings. The van der Waals surface area contributed by atoms with Crippen molar-refractivity contribution in [1.29, 1.82) is 5.41 Å². The van der Waals surface area contributed by atoms with Gasteiger partial charge in [0, 0.05) is 25.6 Å². The molecule has 9 nitrogen and oxygen atoms in total. The molecule has 2 atom stereocenters. The van der Waals surface area contributed by atoms with Crippen molar-refractivity contribution in [2.45, 2.75) is 44.6 Å². The SMILES string of the molecule is CO[C@H]1CN/C(=C(\C=N)S(N)(=O)=NC(=O)Nc2c3c(c(F)c4c2CCC4)CCC3)OC1. The van der Waals surface area contributed by atoms with Crippen LogP contribution in [0.25, 0.3) is 0 Å². The van der Waals surface area contributed by atoms with Crippen molar-refractivity contribution in [2.24, 2.45) is 9.50 Å². The zero-order chi connectivity index (χ0) is 22.2. The third kappa shape index (κ3) is 4.04. The van der Waals surface area contributed by atoms with Crippen molar-refractivity contribution in [3.63, 3.8) is 0 Å². The number of hydrogen-bond acceptors (Lipinski definition) is 6. The maximum absolute atomic E-state index is 14.8. The minimum atomic E-state index is -3.75. The largest absolute Gasteiger partial charge is 0.475 e. The molecule has 1 aromatic rings.